The molecular formula is C13H14S. The quantitative estimate of drug-likeness (QED) is 0.684. The Morgan fingerprint density at radius 3 is 2.29 bits per heavy atom. The van der Waals surface area contributed by atoms with E-state index in [0.717, 1.165) is 0 Å². The molecule has 0 bridgehead atoms. The molecule has 72 valence electrons. The molecule has 2 aromatic rings. The van der Waals surface area contributed by atoms with Crippen molar-refractivity contribution in [2.45, 2.75) is 19.8 Å². The fourth-order valence-electron chi connectivity index (χ4n) is 1.57. The highest BCUT2D eigenvalue weighted by atomic mass is 32.1. The predicted octanol–water partition coefficient (Wildman–Crippen LogP) is 4.21. The average molecular weight is 202 g/mol. The van der Waals surface area contributed by atoms with Crippen molar-refractivity contribution < 1.29 is 0 Å². The summed E-state index contributed by atoms with van der Waals surface area (Å²) < 4.78 is 0. The first-order valence-electron chi connectivity index (χ1n) is 4.86. The molecule has 14 heavy (non-hydrogen) atoms. The molecule has 0 spiro atoms. The highest BCUT2D eigenvalue weighted by molar-refractivity contribution is 7.08. The van der Waals surface area contributed by atoms with E-state index in [1.807, 2.05) is 0 Å². The molecule has 0 aliphatic heterocycles. The zero-order valence-electron chi connectivity index (χ0n) is 8.53. The number of aryl methyl sites for hydroxylation is 1. The summed E-state index contributed by atoms with van der Waals surface area (Å²) in [4.78, 5) is 0. The van der Waals surface area contributed by atoms with Gasteiger partial charge in [-0.05, 0) is 34.9 Å². The van der Waals surface area contributed by atoms with Crippen LogP contribution in [0.2, 0.25) is 0 Å². The molecule has 1 heterocycles. The average Bonchev–Trinajstić information content (AvgIpc) is 2.71. The van der Waals surface area contributed by atoms with E-state index in [-0.39, 0.29) is 0 Å². The lowest BCUT2D eigenvalue weighted by molar-refractivity contribution is 0.928. The van der Waals surface area contributed by atoms with Crippen LogP contribution in [0.25, 0.3) is 0 Å². The van der Waals surface area contributed by atoms with Crippen molar-refractivity contribution in [3.05, 3.63) is 57.8 Å². The Bertz CT molecular complexity index is 384. The lowest BCUT2D eigenvalue weighted by Crippen LogP contribution is -1.93. The summed E-state index contributed by atoms with van der Waals surface area (Å²) in [6, 6.07) is 11.0. The first-order valence-corrected chi connectivity index (χ1v) is 5.80. The smallest absolute Gasteiger partial charge is 0.00692 e. The third kappa shape index (κ3) is 1.88. The number of thiophene rings is 1. The second-order valence-electron chi connectivity index (χ2n) is 3.69. The third-order valence-electron chi connectivity index (χ3n) is 2.62. The minimum atomic E-state index is 0.516. The Balaban J connectivity index is 2.28. The van der Waals surface area contributed by atoms with E-state index in [1.54, 1.807) is 11.3 Å². The summed E-state index contributed by atoms with van der Waals surface area (Å²) >= 11 is 1.77. The molecule has 0 nitrogen and oxygen atoms in total. The van der Waals surface area contributed by atoms with E-state index in [4.69, 9.17) is 0 Å². The van der Waals surface area contributed by atoms with Gasteiger partial charge >= 0.3 is 0 Å². The van der Waals surface area contributed by atoms with Crippen molar-refractivity contribution >= 4 is 11.3 Å². The van der Waals surface area contributed by atoms with Gasteiger partial charge in [0.05, 0.1) is 0 Å². The van der Waals surface area contributed by atoms with Crippen LogP contribution >= 0.6 is 11.3 Å². The molecule has 1 unspecified atom stereocenters. The van der Waals surface area contributed by atoms with Gasteiger partial charge < -0.3 is 0 Å². The fraction of sp³-hybridized carbons (Fsp3) is 0.231. The van der Waals surface area contributed by atoms with Gasteiger partial charge in [-0.2, -0.15) is 11.3 Å². The van der Waals surface area contributed by atoms with E-state index in [0.29, 0.717) is 5.92 Å². The standard InChI is InChI=1S/C13H14S/c1-10-3-5-12(6-4-10)11(2)13-7-8-14-9-13/h3-9,11H,1-2H3. The van der Waals surface area contributed by atoms with Gasteiger partial charge in [-0.25, -0.2) is 0 Å². The van der Waals surface area contributed by atoms with Gasteiger partial charge in [-0.15, -0.1) is 0 Å². The second kappa shape index (κ2) is 3.97. The van der Waals surface area contributed by atoms with Crippen molar-refractivity contribution in [1.82, 2.24) is 0 Å². The molecule has 0 N–H and O–H groups in total. The minimum Gasteiger partial charge on any atom is -0.152 e. The molecule has 0 radical (unpaired) electrons. The van der Waals surface area contributed by atoms with Crippen LogP contribution in [0.1, 0.15) is 29.5 Å². The predicted molar refractivity (Wildman–Crippen MR) is 63.0 cm³/mol. The van der Waals surface area contributed by atoms with Gasteiger partial charge in [-0.3, -0.25) is 0 Å². The van der Waals surface area contributed by atoms with Crippen molar-refractivity contribution in [2.75, 3.05) is 0 Å². The van der Waals surface area contributed by atoms with E-state index >= 15 is 0 Å². The van der Waals surface area contributed by atoms with Gasteiger partial charge in [0.2, 0.25) is 0 Å². The van der Waals surface area contributed by atoms with Crippen LogP contribution in [0.5, 0.6) is 0 Å². The van der Waals surface area contributed by atoms with Gasteiger partial charge in [0, 0.05) is 5.92 Å². The maximum Gasteiger partial charge on any atom is 0.00692 e. The molecule has 0 fully saturated rings. The SMILES string of the molecule is Cc1ccc(C(C)c2ccsc2)cc1. The number of rotatable bonds is 2. The zero-order valence-corrected chi connectivity index (χ0v) is 9.34. The zero-order chi connectivity index (χ0) is 9.97. The summed E-state index contributed by atoms with van der Waals surface area (Å²) in [5.74, 6) is 0.516. The summed E-state index contributed by atoms with van der Waals surface area (Å²) in [6.07, 6.45) is 0. The van der Waals surface area contributed by atoms with Crippen LogP contribution in [0.4, 0.5) is 0 Å². The Labute approximate surface area is 89.2 Å². The Morgan fingerprint density at radius 2 is 1.71 bits per heavy atom. The van der Waals surface area contributed by atoms with Crippen molar-refractivity contribution in [1.29, 1.82) is 0 Å². The highest BCUT2D eigenvalue weighted by Crippen LogP contribution is 2.25. The van der Waals surface area contributed by atoms with Gasteiger partial charge in [0.25, 0.3) is 0 Å². The topological polar surface area (TPSA) is 0 Å². The molecule has 0 aliphatic rings. The van der Waals surface area contributed by atoms with E-state index in [2.05, 4.69) is 54.9 Å². The first-order chi connectivity index (χ1) is 6.77. The molecule has 1 aromatic carbocycles. The van der Waals surface area contributed by atoms with Crippen LogP contribution in [-0.2, 0) is 0 Å². The van der Waals surface area contributed by atoms with Crippen molar-refractivity contribution in [2.24, 2.45) is 0 Å². The Hall–Kier alpha value is -1.08. The molecule has 0 aliphatic carbocycles. The Kier molecular flexibility index (Phi) is 2.69. The Morgan fingerprint density at radius 1 is 1.00 bits per heavy atom. The second-order valence-corrected chi connectivity index (χ2v) is 4.47. The molecule has 1 heteroatoms. The molecule has 1 aromatic heterocycles. The maximum atomic E-state index is 2.26. The van der Waals surface area contributed by atoms with Crippen LogP contribution in [0.15, 0.2) is 41.1 Å². The molecular weight excluding hydrogens is 188 g/mol. The van der Waals surface area contributed by atoms with Crippen LogP contribution in [-0.4, -0.2) is 0 Å². The first kappa shape index (κ1) is 9.47. The number of hydrogen-bond acceptors (Lipinski definition) is 1. The summed E-state index contributed by atoms with van der Waals surface area (Å²) in [5.41, 5.74) is 4.14. The minimum absolute atomic E-state index is 0.516. The van der Waals surface area contributed by atoms with Crippen LogP contribution in [0.3, 0.4) is 0 Å². The van der Waals surface area contributed by atoms with Gasteiger partial charge in [-0.1, -0.05) is 36.8 Å². The highest BCUT2D eigenvalue weighted by Gasteiger charge is 2.07. The summed E-state index contributed by atoms with van der Waals surface area (Å²) in [5, 5.41) is 4.37. The fourth-order valence-corrected chi connectivity index (χ4v) is 2.32. The van der Waals surface area contributed by atoms with Gasteiger partial charge in [0.1, 0.15) is 0 Å². The lowest BCUT2D eigenvalue weighted by atomic mass is 9.95. The third-order valence-corrected chi connectivity index (χ3v) is 3.32. The van der Waals surface area contributed by atoms with E-state index in [9.17, 15) is 0 Å². The van der Waals surface area contributed by atoms with Crippen molar-refractivity contribution in [3.8, 4) is 0 Å². The largest absolute Gasteiger partial charge is 0.152 e. The maximum absolute atomic E-state index is 2.26. The molecule has 0 saturated heterocycles. The lowest BCUT2D eigenvalue weighted by Gasteiger charge is -2.10. The van der Waals surface area contributed by atoms with Crippen LogP contribution in [0, 0.1) is 6.92 Å². The molecule has 0 amide bonds. The summed E-state index contributed by atoms with van der Waals surface area (Å²) in [7, 11) is 0. The van der Waals surface area contributed by atoms with Gasteiger partial charge in [0.15, 0.2) is 0 Å². The monoisotopic (exact) mass is 202 g/mol. The summed E-state index contributed by atoms with van der Waals surface area (Å²) in [6.45, 7) is 4.38. The van der Waals surface area contributed by atoms with Crippen molar-refractivity contribution in [3.63, 3.8) is 0 Å². The molecule has 2 rings (SSSR count). The normalized spacial score (nSPS) is 12.7. The number of benzene rings is 1. The molecule has 1 atom stereocenters. The number of hydrogen-bond donors (Lipinski definition) is 0. The molecule has 0 saturated carbocycles. The van der Waals surface area contributed by atoms with E-state index < -0.39 is 0 Å². The van der Waals surface area contributed by atoms with Crippen LogP contribution < -0.4 is 0 Å². The van der Waals surface area contributed by atoms with E-state index in [1.165, 1.54) is 16.7 Å².